The van der Waals surface area contributed by atoms with Gasteiger partial charge >= 0.3 is 0 Å². The van der Waals surface area contributed by atoms with Gasteiger partial charge in [0.25, 0.3) is 0 Å². The first-order valence-corrected chi connectivity index (χ1v) is 23.6. The molecule has 0 N–H and O–H groups in total. The second kappa shape index (κ2) is 16.6. The second-order valence-corrected chi connectivity index (χ2v) is 18.1. The zero-order valence-corrected chi connectivity index (χ0v) is 37.0. The van der Waals surface area contributed by atoms with Crippen LogP contribution in [-0.4, -0.2) is 4.57 Å². The largest absolute Gasteiger partial charge is 0.309 e. The zero-order valence-electron chi connectivity index (χ0n) is 37.0. The monoisotopic (exact) mass is 806 g/mol. The highest BCUT2D eigenvalue weighted by molar-refractivity contribution is 6.10. The SMILES string of the molecule is CCCCCC(CC)c1cc(C(CC)CCCCC)cc(-n2c3ccccc3c3cc(-c4ccc5c(c4)C4(c6ccccc6-c6ccc(C#N)cc64)c4ccccc4-5)ccc32)c1. The van der Waals surface area contributed by atoms with Crippen LogP contribution in [0.2, 0.25) is 0 Å². The highest BCUT2D eigenvalue weighted by Crippen LogP contribution is 2.63. The summed E-state index contributed by atoms with van der Waals surface area (Å²) in [6.45, 7) is 9.40. The predicted octanol–water partition coefficient (Wildman–Crippen LogP) is 16.8. The van der Waals surface area contributed by atoms with Crippen LogP contribution in [0.15, 0.2) is 146 Å². The minimum absolute atomic E-state index is 0.511. The van der Waals surface area contributed by atoms with E-state index in [0.29, 0.717) is 17.4 Å². The summed E-state index contributed by atoms with van der Waals surface area (Å²) in [6.07, 6.45) is 12.5. The molecule has 0 bridgehead atoms. The summed E-state index contributed by atoms with van der Waals surface area (Å²) in [5.41, 5.74) is 19.5. The molecule has 62 heavy (non-hydrogen) atoms. The Labute approximate surface area is 368 Å². The first kappa shape index (κ1) is 39.9. The van der Waals surface area contributed by atoms with Crippen molar-refractivity contribution in [1.82, 2.24) is 4.57 Å². The van der Waals surface area contributed by atoms with Gasteiger partial charge in [0.2, 0.25) is 0 Å². The van der Waals surface area contributed by atoms with Crippen LogP contribution in [-0.2, 0) is 5.41 Å². The number of nitriles is 1. The molecule has 1 heterocycles. The molecule has 3 unspecified atom stereocenters. The van der Waals surface area contributed by atoms with E-state index >= 15 is 0 Å². The van der Waals surface area contributed by atoms with E-state index < -0.39 is 5.41 Å². The van der Waals surface area contributed by atoms with Gasteiger partial charge in [-0.15, -0.1) is 0 Å². The summed E-state index contributed by atoms with van der Waals surface area (Å²) in [5, 5.41) is 12.7. The van der Waals surface area contributed by atoms with E-state index in [0.717, 1.165) is 0 Å². The first-order valence-electron chi connectivity index (χ1n) is 23.6. The van der Waals surface area contributed by atoms with Crippen molar-refractivity contribution in [1.29, 1.82) is 5.26 Å². The van der Waals surface area contributed by atoms with E-state index in [1.54, 1.807) is 0 Å². The van der Waals surface area contributed by atoms with Crippen molar-refractivity contribution in [2.75, 3.05) is 0 Å². The molecule has 10 rings (SSSR count). The lowest BCUT2D eigenvalue weighted by Crippen LogP contribution is -2.26. The molecule has 0 aliphatic heterocycles. The molecule has 308 valence electrons. The van der Waals surface area contributed by atoms with Gasteiger partial charge in [-0.2, -0.15) is 5.26 Å². The Morgan fingerprint density at radius 2 is 1.02 bits per heavy atom. The van der Waals surface area contributed by atoms with Crippen molar-refractivity contribution in [2.24, 2.45) is 0 Å². The number of rotatable bonds is 14. The average molecular weight is 807 g/mol. The predicted molar refractivity (Wildman–Crippen MR) is 262 cm³/mol. The standard InChI is InChI=1S/C60H58N2/c1-5-9-11-19-41(7-3)45-34-46(42(8-4)20-12-10-6-2)36-47(35-45)62-58-26-18-15-23-52(58)53-37-43(29-32-59(53)62)44-28-31-51-49-22-14-17-25-55(49)60(57(51)38-44)54-24-16-13-21-48(54)50-30-27-40(39-61)33-56(50)60/h13-18,21-38,41-42H,5-12,19-20H2,1-4H3. The Morgan fingerprint density at radius 3 is 1.65 bits per heavy atom. The van der Waals surface area contributed by atoms with Gasteiger partial charge in [0, 0.05) is 16.5 Å². The third-order valence-electron chi connectivity index (χ3n) is 14.7. The van der Waals surface area contributed by atoms with Gasteiger partial charge in [-0.3, -0.25) is 0 Å². The molecule has 0 saturated heterocycles. The number of unbranched alkanes of at least 4 members (excludes halogenated alkanes) is 4. The van der Waals surface area contributed by atoms with Gasteiger partial charge in [-0.1, -0.05) is 163 Å². The third-order valence-corrected chi connectivity index (χ3v) is 14.7. The van der Waals surface area contributed by atoms with E-state index in [4.69, 9.17) is 0 Å². The number of fused-ring (bicyclic) bond motifs is 13. The molecule has 0 saturated carbocycles. The number of aromatic nitrogens is 1. The van der Waals surface area contributed by atoms with Crippen LogP contribution in [0.3, 0.4) is 0 Å². The third kappa shape index (κ3) is 6.35. The molecule has 3 atom stereocenters. The Hall–Kier alpha value is -6.17. The zero-order chi connectivity index (χ0) is 42.4. The Morgan fingerprint density at radius 1 is 0.484 bits per heavy atom. The molecular weight excluding hydrogens is 749 g/mol. The van der Waals surface area contributed by atoms with Crippen LogP contribution in [0, 0.1) is 11.3 Å². The summed E-state index contributed by atoms with van der Waals surface area (Å²) < 4.78 is 2.56. The lowest BCUT2D eigenvalue weighted by molar-refractivity contribution is 0.542. The lowest BCUT2D eigenvalue weighted by Gasteiger charge is -2.30. The number of para-hydroxylation sites is 1. The van der Waals surface area contributed by atoms with E-state index in [1.165, 1.54) is 158 Å². The van der Waals surface area contributed by atoms with E-state index in [1.807, 2.05) is 6.07 Å². The minimum Gasteiger partial charge on any atom is -0.309 e. The molecule has 0 radical (unpaired) electrons. The smallest absolute Gasteiger partial charge is 0.0991 e. The van der Waals surface area contributed by atoms with E-state index in [2.05, 4.69) is 178 Å². The number of nitrogens with zero attached hydrogens (tertiary/aromatic N) is 2. The van der Waals surface area contributed by atoms with Gasteiger partial charge < -0.3 is 4.57 Å². The van der Waals surface area contributed by atoms with Crippen molar-refractivity contribution in [3.63, 3.8) is 0 Å². The molecule has 1 aromatic heterocycles. The number of hydrogen-bond donors (Lipinski definition) is 0. The minimum atomic E-state index is -0.511. The van der Waals surface area contributed by atoms with E-state index in [-0.39, 0.29) is 0 Å². The topological polar surface area (TPSA) is 28.7 Å². The van der Waals surface area contributed by atoms with Crippen molar-refractivity contribution in [2.45, 2.75) is 109 Å². The Bertz CT molecular complexity index is 2960. The van der Waals surface area contributed by atoms with Crippen LogP contribution >= 0.6 is 0 Å². The number of hydrogen-bond acceptors (Lipinski definition) is 1. The van der Waals surface area contributed by atoms with Gasteiger partial charge in [0.05, 0.1) is 28.1 Å². The quantitative estimate of drug-likeness (QED) is 0.101. The van der Waals surface area contributed by atoms with Gasteiger partial charge in [0.15, 0.2) is 0 Å². The summed E-state index contributed by atoms with van der Waals surface area (Å²) in [6, 6.07) is 57.6. The number of benzene rings is 7. The van der Waals surface area contributed by atoms with Crippen LogP contribution in [0.1, 0.15) is 143 Å². The van der Waals surface area contributed by atoms with Crippen molar-refractivity contribution >= 4 is 21.8 Å². The lowest BCUT2D eigenvalue weighted by atomic mass is 9.70. The molecule has 7 aromatic carbocycles. The Balaban J connectivity index is 1.14. The maximum atomic E-state index is 10.2. The fourth-order valence-electron chi connectivity index (χ4n) is 11.6. The van der Waals surface area contributed by atoms with Crippen LogP contribution in [0.25, 0.3) is 60.9 Å². The molecule has 0 amide bonds. The van der Waals surface area contributed by atoms with Gasteiger partial charge in [-0.05, 0) is 153 Å². The molecule has 2 aliphatic rings. The van der Waals surface area contributed by atoms with Crippen molar-refractivity contribution < 1.29 is 0 Å². The highest BCUT2D eigenvalue weighted by atomic mass is 15.0. The van der Waals surface area contributed by atoms with Crippen molar-refractivity contribution in [3.05, 3.63) is 185 Å². The molecule has 8 aromatic rings. The van der Waals surface area contributed by atoms with Gasteiger partial charge in [-0.25, -0.2) is 0 Å². The summed E-state index contributed by atoms with van der Waals surface area (Å²) in [4.78, 5) is 0. The van der Waals surface area contributed by atoms with Crippen LogP contribution in [0.5, 0.6) is 0 Å². The van der Waals surface area contributed by atoms with Crippen LogP contribution < -0.4 is 0 Å². The molecule has 2 aliphatic carbocycles. The molecule has 1 spiro atoms. The fraction of sp³-hybridized carbons (Fsp3) is 0.283. The first-order chi connectivity index (χ1) is 30.5. The van der Waals surface area contributed by atoms with Gasteiger partial charge in [0.1, 0.15) is 0 Å². The summed E-state index contributed by atoms with van der Waals surface area (Å²) in [7, 11) is 0. The molecular formula is C60H58N2. The maximum Gasteiger partial charge on any atom is 0.0991 e. The summed E-state index contributed by atoms with van der Waals surface area (Å²) in [5.74, 6) is 1.13. The second-order valence-electron chi connectivity index (χ2n) is 18.1. The highest BCUT2D eigenvalue weighted by Gasteiger charge is 2.51. The normalized spacial score (nSPS) is 15.7. The van der Waals surface area contributed by atoms with E-state index in [9.17, 15) is 5.26 Å². The molecule has 2 nitrogen and oxygen atoms in total. The van der Waals surface area contributed by atoms with Crippen LogP contribution in [0.4, 0.5) is 0 Å². The summed E-state index contributed by atoms with van der Waals surface area (Å²) >= 11 is 0. The van der Waals surface area contributed by atoms with Crippen molar-refractivity contribution in [3.8, 4) is 45.1 Å². The average Bonchev–Trinajstić information content (AvgIpc) is 3.92. The fourth-order valence-corrected chi connectivity index (χ4v) is 11.6. The maximum absolute atomic E-state index is 10.2. The Kier molecular flexibility index (Phi) is 10.7. The molecule has 0 fully saturated rings. The molecule has 2 heteroatoms.